The molecule has 2 N–H and O–H groups in total. The van der Waals surface area contributed by atoms with E-state index in [0.717, 1.165) is 48.9 Å². The molecule has 0 radical (unpaired) electrons. The number of benzene rings is 1. The zero-order valence-electron chi connectivity index (χ0n) is 14.4. The Bertz CT molecular complexity index is 499. The Hall–Kier alpha value is -1.01. The van der Waals surface area contributed by atoms with Crippen molar-refractivity contribution in [2.45, 2.75) is 19.3 Å². The molecule has 0 unspecified atom stereocenters. The molecule has 0 fully saturated rings. The Labute approximate surface area is 154 Å². The SMILES string of the molecule is CN=C(NCCCOCCOC)NCCCc1ccc(Cl)cc1Cl. The van der Waals surface area contributed by atoms with Crippen molar-refractivity contribution in [1.29, 1.82) is 0 Å². The first-order valence-electron chi connectivity index (χ1n) is 8.12. The van der Waals surface area contributed by atoms with Gasteiger partial charge in [-0.05, 0) is 37.0 Å². The predicted molar refractivity (Wildman–Crippen MR) is 101 cm³/mol. The fraction of sp³-hybridized carbons (Fsp3) is 0.588. The molecule has 0 heterocycles. The number of ether oxygens (including phenoxy) is 2. The fourth-order valence-electron chi connectivity index (χ4n) is 2.06. The van der Waals surface area contributed by atoms with Crippen molar-refractivity contribution in [3.05, 3.63) is 33.8 Å². The van der Waals surface area contributed by atoms with Crippen molar-refractivity contribution in [3.63, 3.8) is 0 Å². The van der Waals surface area contributed by atoms with Gasteiger partial charge in [0.05, 0.1) is 13.2 Å². The summed E-state index contributed by atoms with van der Waals surface area (Å²) < 4.78 is 10.3. The molecule has 7 heteroatoms. The second kappa shape index (κ2) is 13.3. The zero-order valence-corrected chi connectivity index (χ0v) is 15.9. The summed E-state index contributed by atoms with van der Waals surface area (Å²) in [5.41, 5.74) is 1.11. The number of aliphatic imine (C=N–C) groups is 1. The van der Waals surface area contributed by atoms with Gasteiger partial charge in [0.15, 0.2) is 5.96 Å². The Morgan fingerprint density at radius 2 is 1.83 bits per heavy atom. The van der Waals surface area contributed by atoms with Crippen LogP contribution in [0.2, 0.25) is 10.0 Å². The average Bonchev–Trinajstić information content (AvgIpc) is 2.57. The van der Waals surface area contributed by atoms with E-state index in [9.17, 15) is 0 Å². The molecule has 0 saturated heterocycles. The van der Waals surface area contributed by atoms with E-state index in [1.165, 1.54) is 0 Å². The van der Waals surface area contributed by atoms with Crippen molar-refractivity contribution in [2.75, 3.05) is 47.1 Å². The maximum atomic E-state index is 6.17. The van der Waals surface area contributed by atoms with Crippen molar-refractivity contribution >= 4 is 29.2 Å². The molecule has 24 heavy (non-hydrogen) atoms. The van der Waals surface area contributed by atoms with Crippen molar-refractivity contribution in [1.82, 2.24) is 10.6 Å². The molecule has 5 nitrogen and oxygen atoms in total. The van der Waals surface area contributed by atoms with Crippen LogP contribution in [0.5, 0.6) is 0 Å². The third kappa shape index (κ3) is 9.33. The van der Waals surface area contributed by atoms with Crippen LogP contribution in [-0.2, 0) is 15.9 Å². The van der Waals surface area contributed by atoms with Crippen LogP contribution < -0.4 is 10.6 Å². The monoisotopic (exact) mass is 375 g/mol. The molecule has 0 saturated carbocycles. The molecule has 0 aliphatic heterocycles. The van der Waals surface area contributed by atoms with Crippen LogP contribution in [0.15, 0.2) is 23.2 Å². The van der Waals surface area contributed by atoms with Gasteiger partial charge in [-0.2, -0.15) is 0 Å². The lowest BCUT2D eigenvalue weighted by molar-refractivity contribution is 0.0698. The maximum Gasteiger partial charge on any atom is 0.190 e. The van der Waals surface area contributed by atoms with Crippen LogP contribution in [0.25, 0.3) is 0 Å². The lowest BCUT2D eigenvalue weighted by atomic mass is 10.1. The minimum absolute atomic E-state index is 0.633. The van der Waals surface area contributed by atoms with Gasteiger partial charge >= 0.3 is 0 Å². The van der Waals surface area contributed by atoms with Crippen LogP contribution in [0.4, 0.5) is 0 Å². The van der Waals surface area contributed by atoms with E-state index in [1.807, 2.05) is 12.1 Å². The first-order valence-corrected chi connectivity index (χ1v) is 8.88. The first kappa shape index (κ1) is 21.0. The summed E-state index contributed by atoms with van der Waals surface area (Å²) in [5, 5.41) is 7.94. The van der Waals surface area contributed by atoms with Gasteiger partial charge in [0.2, 0.25) is 0 Å². The summed E-state index contributed by atoms with van der Waals surface area (Å²) in [6.45, 7) is 3.62. The average molecular weight is 376 g/mol. The molecule has 136 valence electrons. The van der Waals surface area contributed by atoms with Crippen molar-refractivity contribution in [2.24, 2.45) is 4.99 Å². The van der Waals surface area contributed by atoms with Gasteiger partial charge in [0.1, 0.15) is 0 Å². The highest BCUT2D eigenvalue weighted by molar-refractivity contribution is 6.35. The summed E-state index contributed by atoms with van der Waals surface area (Å²) in [4.78, 5) is 4.20. The number of rotatable bonds is 11. The Morgan fingerprint density at radius 3 is 2.50 bits per heavy atom. The van der Waals surface area contributed by atoms with Gasteiger partial charge in [0.25, 0.3) is 0 Å². The Kier molecular flexibility index (Phi) is 11.7. The number of hydrogen-bond acceptors (Lipinski definition) is 3. The third-order valence-corrected chi connectivity index (χ3v) is 3.93. The number of hydrogen-bond donors (Lipinski definition) is 2. The van der Waals surface area contributed by atoms with Gasteiger partial charge in [-0.15, -0.1) is 0 Å². The number of aryl methyl sites for hydroxylation is 1. The lowest BCUT2D eigenvalue weighted by Gasteiger charge is -2.12. The molecule has 1 aromatic carbocycles. The van der Waals surface area contributed by atoms with E-state index in [4.69, 9.17) is 32.7 Å². The minimum atomic E-state index is 0.633. The van der Waals surface area contributed by atoms with Crippen LogP contribution in [0.3, 0.4) is 0 Å². The number of guanidine groups is 1. The molecule has 1 aromatic rings. The number of methoxy groups -OCH3 is 1. The second-order valence-electron chi connectivity index (χ2n) is 5.22. The number of halogens is 2. The fourth-order valence-corrected chi connectivity index (χ4v) is 2.56. The highest BCUT2D eigenvalue weighted by atomic mass is 35.5. The summed E-state index contributed by atoms with van der Waals surface area (Å²) in [6, 6.07) is 5.62. The maximum absolute atomic E-state index is 6.17. The van der Waals surface area contributed by atoms with E-state index >= 15 is 0 Å². The lowest BCUT2D eigenvalue weighted by Crippen LogP contribution is -2.38. The summed E-state index contributed by atoms with van der Waals surface area (Å²) in [5.74, 6) is 0.800. The first-order chi connectivity index (χ1) is 11.7. The van der Waals surface area contributed by atoms with E-state index in [-0.39, 0.29) is 0 Å². The minimum Gasteiger partial charge on any atom is -0.382 e. The van der Waals surface area contributed by atoms with Gasteiger partial charge in [0, 0.05) is 43.9 Å². The molecule has 0 aliphatic carbocycles. The molecule has 0 amide bonds. The van der Waals surface area contributed by atoms with Crippen LogP contribution in [0.1, 0.15) is 18.4 Å². The van der Waals surface area contributed by atoms with Gasteiger partial charge in [-0.3, -0.25) is 4.99 Å². The number of nitrogens with zero attached hydrogens (tertiary/aromatic N) is 1. The number of nitrogens with one attached hydrogen (secondary N) is 2. The standard InChI is InChI=1S/C17H27Cl2N3O2/c1-20-17(22-9-4-10-24-12-11-23-2)21-8-3-5-14-6-7-15(18)13-16(14)19/h6-7,13H,3-5,8-12H2,1-2H3,(H2,20,21,22). The van der Waals surface area contributed by atoms with Crippen molar-refractivity contribution < 1.29 is 9.47 Å². The summed E-state index contributed by atoms with van der Waals surface area (Å²) in [6.07, 6.45) is 2.78. The van der Waals surface area contributed by atoms with E-state index in [0.29, 0.717) is 24.8 Å². The quantitative estimate of drug-likeness (QED) is 0.354. The molecule has 0 aromatic heterocycles. The summed E-state index contributed by atoms with van der Waals surface area (Å²) in [7, 11) is 3.43. The third-order valence-electron chi connectivity index (χ3n) is 3.34. The normalized spacial score (nSPS) is 11.6. The smallest absolute Gasteiger partial charge is 0.190 e. The Morgan fingerprint density at radius 1 is 1.08 bits per heavy atom. The predicted octanol–water partition coefficient (Wildman–Crippen LogP) is 3.14. The van der Waals surface area contributed by atoms with Gasteiger partial charge in [-0.1, -0.05) is 29.3 Å². The highest BCUT2D eigenvalue weighted by Gasteiger charge is 2.02. The molecule has 0 bridgehead atoms. The van der Waals surface area contributed by atoms with Gasteiger partial charge in [-0.25, -0.2) is 0 Å². The largest absolute Gasteiger partial charge is 0.382 e. The molecule has 0 spiro atoms. The second-order valence-corrected chi connectivity index (χ2v) is 6.07. The van der Waals surface area contributed by atoms with E-state index in [1.54, 1.807) is 20.2 Å². The molecule has 0 atom stereocenters. The molecule has 1 rings (SSSR count). The van der Waals surface area contributed by atoms with Crippen LogP contribution in [0, 0.1) is 0 Å². The van der Waals surface area contributed by atoms with Gasteiger partial charge < -0.3 is 20.1 Å². The summed E-state index contributed by atoms with van der Waals surface area (Å²) >= 11 is 12.1. The van der Waals surface area contributed by atoms with E-state index < -0.39 is 0 Å². The molecular weight excluding hydrogens is 349 g/mol. The Balaban J connectivity index is 2.11. The van der Waals surface area contributed by atoms with Crippen LogP contribution in [-0.4, -0.2) is 53.0 Å². The van der Waals surface area contributed by atoms with E-state index in [2.05, 4.69) is 15.6 Å². The van der Waals surface area contributed by atoms with Crippen LogP contribution >= 0.6 is 23.2 Å². The zero-order chi connectivity index (χ0) is 17.6. The molecular formula is C17H27Cl2N3O2. The molecule has 0 aliphatic rings. The topological polar surface area (TPSA) is 54.9 Å². The highest BCUT2D eigenvalue weighted by Crippen LogP contribution is 2.21. The van der Waals surface area contributed by atoms with Crippen molar-refractivity contribution in [3.8, 4) is 0 Å².